The molecule has 0 spiro atoms. The first-order valence-corrected chi connectivity index (χ1v) is 8.86. The van der Waals surface area contributed by atoms with Crippen molar-refractivity contribution in [1.29, 1.82) is 0 Å². The Kier molecular flexibility index (Phi) is 4.20. The number of fused-ring (bicyclic) bond motifs is 1. The molecule has 0 radical (unpaired) electrons. The highest BCUT2D eigenvalue weighted by Crippen LogP contribution is 2.33. The molecule has 2 heterocycles. The quantitative estimate of drug-likeness (QED) is 0.753. The summed E-state index contributed by atoms with van der Waals surface area (Å²) in [6.07, 6.45) is 4.59. The fourth-order valence-corrected chi connectivity index (χ4v) is 3.40. The first-order valence-electron chi connectivity index (χ1n) is 8.48. The Hall–Kier alpha value is -2.73. The lowest BCUT2D eigenvalue weighted by Crippen LogP contribution is -2.20. The molecule has 2 aromatic heterocycles. The Balaban J connectivity index is 1.82. The van der Waals surface area contributed by atoms with Gasteiger partial charge in [-0.3, -0.25) is 4.79 Å². The normalized spacial score (nSPS) is 16.4. The van der Waals surface area contributed by atoms with E-state index >= 15 is 0 Å². The molecule has 0 fully saturated rings. The Morgan fingerprint density at radius 1 is 1.23 bits per heavy atom. The van der Waals surface area contributed by atoms with Gasteiger partial charge in [-0.1, -0.05) is 24.6 Å². The maximum Gasteiger partial charge on any atom is 0.250 e. The summed E-state index contributed by atoms with van der Waals surface area (Å²) in [4.78, 5) is 21.3. The van der Waals surface area contributed by atoms with Crippen molar-refractivity contribution in [2.24, 2.45) is 5.92 Å². The Bertz CT molecular complexity index is 983. The van der Waals surface area contributed by atoms with E-state index in [2.05, 4.69) is 27.3 Å². The SMILES string of the molecule is Cc1ccc(Nc2nn(-c3ncccn3)c3c2C(=O)CC(C)C3)cc1Cl. The van der Waals surface area contributed by atoms with E-state index in [9.17, 15) is 4.79 Å². The number of aromatic nitrogens is 4. The van der Waals surface area contributed by atoms with Gasteiger partial charge in [0.2, 0.25) is 0 Å². The second-order valence-corrected chi connectivity index (χ2v) is 7.06. The summed E-state index contributed by atoms with van der Waals surface area (Å²) in [6, 6.07) is 7.43. The maximum atomic E-state index is 12.7. The van der Waals surface area contributed by atoms with Crippen molar-refractivity contribution in [3.63, 3.8) is 0 Å². The number of nitrogens with one attached hydrogen (secondary N) is 1. The minimum atomic E-state index is 0.0849. The van der Waals surface area contributed by atoms with Crippen LogP contribution in [0.2, 0.25) is 5.02 Å². The van der Waals surface area contributed by atoms with E-state index < -0.39 is 0 Å². The number of rotatable bonds is 3. The molecule has 132 valence electrons. The molecule has 7 heteroatoms. The van der Waals surface area contributed by atoms with Crippen LogP contribution in [0, 0.1) is 12.8 Å². The van der Waals surface area contributed by atoms with E-state index in [4.69, 9.17) is 11.6 Å². The molecule has 1 N–H and O–H groups in total. The van der Waals surface area contributed by atoms with E-state index in [-0.39, 0.29) is 11.7 Å². The molecule has 0 bridgehead atoms. The van der Waals surface area contributed by atoms with E-state index in [0.29, 0.717) is 28.8 Å². The summed E-state index contributed by atoms with van der Waals surface area (Å²) in [5.74, 6) is 1.32. The molecular weight excluding hydrogens is 350 g/mol. The van der Waals surface area contributed by atoms with Crippen LogP contribution >= 0.6 is 11.6 Å². The lowest BCUT2D eigenvalue weighted by molar-refractivity contribution is 0.0953. The topological polar surface area (TPSA) is 72.7 Å². The van der Waals surface area contributed by atoms with Gasteiger partial charge in [0, 0.05) is 29.5 Å². The molecule has 1 aliphatic carbocycles. The minimum Gasteiger partial charge on any atom is -0.338 e. The maximum absolute atomic E-state index is 12.7. The molecule has 4 rings (SSSR count). The van der Waals surface area contributed by atoms with Crippen molar-refractivity contribution < 1.29 is 4.79 Å². The molecular formula is C19H18ClN5O. The molecule has 1 unspecified atom stereocenters. The van der Waals surface area contributed by atoms with Crippen LogP contribution in [-0.2, 0) is 6.42 Å². The third-order valence-corrected chi connectivity index (χ3v) is 4.92. The van der Waals surface area contributed by atoms with Gasteiger partial charge in [0.15, 0.2) is 11.6 Å². The summed E-state index contributed by atoms with van der Waals surface area (Å²) in [6.45, 7) is 4.01. The van der Waals surface area contributed by atoms with Crippen LogP contribution in [0.15, 0.2) is 36.7 Å². The van der Waals surface area contributed by atoms with Crippen LogP contribution in [0.3, 0.4) is 0 Å². The Labute approximate surface area is 156 Å². The molecule has 3 aromatic rings. The summed E-state index contributed by atoms with van der Waals surface area (Å²) in [7, 11) is 0. The molecule has 0 aliphatic heterocycles. The number of halogens is 1. The van der Waals surface area contributed by atoms with Crippen molar-refractivity contribution in [3.05, 3.63) is 58.5 Å². The number of ketones is 1. The zero-order valence-electron chi connectivity index (χ0n) is 14.5. The summed E-state index contributed by atoms with van der Waals surface area (Å²) in [5, 5.41) is 8.52. The number of anilines is 2. The zero-order valence-corrected chi connectivity index (χ0v) is 15.3. The van der Waals surface area contributed by atoms with Crippen LogP contribution in [0.25, 0.3) is 5.95 Å². The van der Waals surface area contributed by atoms with Crippen LogP contribution in [0.5, 0.6) is 0 Å². The number of carbonyl (C=O) groups excluding carboxylic acids is 1. The number of hydrogen-bond donors (Lipinski definition) is 1. The Morgan fingerprint density at radius 3 is 2.73 bits per heavy atom. The van der Waals surface area contributed by atoms with Crippen molar-refractivity contribution in [2.45, 2.75) is 26.7 Å². The highest BCUT2D eigenvalue weighted by atomic mass is 35.5. The number of carbonyl (C=O) groups is 1. The summed E-state index contributed by atoms with van der Waals surface area (Å²) < 4.78 is 1.67. The number of hydrogen-bond acceptors (Lipinski definition) is 5. The van der Waals surface area contributed by atoms with Gasteiger partial charge in [-0.05, 0) is 43.0 Å². The fourth-order valence-electron chi connectivity index (χ4n) is 3.22. The number of Topliss-reactive ketones (excluding diaryl/α,β-unsaturated/α-hetero) is 1. The van der Waals surface area contributed by atoms with Crippen molar-refractivity contribution in [1.82, 2.24) is 19.7 Å². The average molecular weight is 368 g/mol. The smallest absolute Gasteiger partial charge is 0.250 e. The first-order chi connectivity index (χ1) is 12.5. The van der Waals surface area contributed by atoms with Gasteiger partial charge in [0.1, 0.15) is 0 Å². The second kappa shape index (κ2) is 6.53. The van der Waals surface area contributed by atoms with Gasteiger partial charge in [0.25, 0.3) is 5.95 Å². The van der Waals surface area contributed by atoms with Crippen molar-refractivity contribution in [2.75, 3.05) is 5.32 Å². The second-order valence-electron chi connectivity index (χ2n) is 6.66. The molecule has 6 nitrogen and oxygen atoms in total. The number of benzene rings is 1. The van der Waals surface area contributed by atoms with E-state index in [0.717, 1.165) is 23.4 Å². The van der Waals surface area contributed by atoms with Crippen LogP contribution in [0.4, 0.5) is 11.5 Å². The lowest BCUT2D eigenvalue weighted by Gasteiger charge is -2.18. The van der Waals surface area contributed by atoms with Gasteiger partial charge >= 0.3 is 0 Å². The zero-order chi connectivity index (χ0) is 18.3. The summed E-state index contributed by atoms with van der Waals surface area (Å²) in [5.41, 5.74) is 3.24. The van der Waals surface area contributed by atoms with Gasteiger partial charge in [-0.25, -0.2) is 14.6 Å². The average Bonchev–Trinajstić information content (AvgIpc) is 2.97. The van der Waals surface area contributed by atoms with Crippen LogP contribution < -0.4 is 5.32 Å². The summed E-state index contributed by atoms with van der Waals surface area (Å²) >= 11 is 6.22. The van der Waals surface area contributed by atoms with Crippen LogP contribution in [0.1, 0.15) is 35.0 Å². The Morgan fingerprint density at radius 2 is 2.00 bits per heavy atom. The lowest BCUT2D eigenvalue weighted by atomic mass is 9.88. The van der Waals surface area contributed by atoms with Gasteiger partial charge < -0.3 is 5.32 Å². The molecule has 1 aliphatic rings. The standard InChI is InChI=1S/C19H18ClN5O/c1-11-8-15-17(16(26)9-11)18(23-13-5-4-12(2)14(20)10-13)24-25(15)19-21-6-3-7-22-19/h3-7,10-11H,8-9H2,1-2H3,(H,23,24). The van der Waals surface area contributed by atoms with Crippen molar-refractivity contribution in [3.8, 4) is 5.95 Å². The largest absolute Gasteiger partial charge is 0.338 e. The predicted molar refractivity (Wildman–Crippen MR) is 100 cm³/mol. The third-order valence-electron chi connectivity index (χ3n) is 4.51. The molecule has 1 atom stereocenters. The fraction of sp³-hybridized carbons (Fsp3) is 0.263. The van der Waals surface area contributed by atoms with Gasteiger partial charge in [-0.2, -0.15) is 0 Å². The molecule has 0 saturated heterocycles. The van der Waals surface area contributed by atoms with E-state index in [1.165, 1.54) is 0 Å². The highest BCUT2D eigenvalue weighted by Gasteiger charge is 2.31. The van der Waals surface area contributed by atoms with Gasteiger partial charge in [0.05, 0.1) is 11.3 Å². The third kappa shape index (κ3) is 2.97. The molecule has 0 amide bonds. The first kappa shape index (κ1) is 16.7. The van der Waals surface area contributed by atoms with Gasteiger partial charge in [-0.15, -0.1) is 5.10 Å². The van der Waals surface area contributed by atoms with Crippen molar-refractivity contribution >= 4 is 28.9 Å². The highest BCUT2D eigenvalue weighted by molar-refractivity contribution is 6.31. The van der Waals surface area contributed by atoms with Crippen LogP contribution in [-0.4, -0.2) is 25.5 Å². The molecule has 26 heavy (non-hydrogen) atoms. The molecule has 0 saturated carbocycles. The van der Waals surface area contributed by atoms with E-state index in [1.54, 1.807) is 23.1 Å². The molecule has 1 aromatic carbocycles. The monoisotopic (exact) mass is 367 g/mol. The van der Waals surface area contributed by atoms with E-state index in [1.807, 2.05) is 25.1 Å². The predicted octanol–water partition coefficient (Wildman–Crippen LogP) is 4.13. The minimum absolute atomic E-state index is 0.0849. The number of nitrogens with zero attached hydrogens (tertiary/aromatic N) is 4. The number of aryl methyl sites for hydroxylation is 1.